The number of carbonyl (C=O) groups is 2. The van der Waals surface area contributed by atoms with Crippen LogP contribution in [0.3, 0.4) is 0 Å². The number of hydrogen-bond donors (Lipinski definition) is 3. The van der Waals surface area contributed by atoms with Crippen LogP contribution in [0.25, 0.3) is 0 Å². The molecule has 0 aliphatic rings. The van der Waals surface area contributed by atoms with E-state index in [1.165, 1.54) is 44.6 Å². The quantitative estimate of drug-likeness (QED) is 0.296. The summed E-state index contributed by atoms with van der Waals surface area (Å²) < 4.78 is 9.83. The van der Waals surface area contributed by atoms with Gasteiger partial charge in [0.2, 0.25) is 5.91 Å². The zero-order valence-electron chi connectivity index (χ0n) is 16.4. The standard InChI is InChI=1S/C19H21ClN4O6/c1-29-8-7-21-19(26)14-5-3-12(9-15(14)20)22-11-18(25)23-16-6-4-13(30-2)10-17(16)24(27)28/h3-6,9-10,22H,7-8,11H2,1-2H3,(H,21,26)(H,23,25). The fraction of sp³-hybridized carbons (Fsp3) is 0.263. The summed E-state index contributed by atoms with van der Waals surface area (Å²) in [7, 11) is 2.92. The summed E-state index contributed by atoms with van der Waals surface area (Å²) in [6.45, 7) is 0.562. The maximum absolute atomic E-state index is 12.2. The highest BCUT2D eigenvalue weighted by Gasteiger charge is 2.17. The van der Waals surface area contributed by atoms with Crippen molar-refractivity contribution in [1.82, 2.24) is 5.32 Å². The number of halogens is 1. The van der Waals surface area contributed by atoms with Gasteiger partial charge in [0.25, 0.3) is 11.6 Å². The van der Waals surface area contributed by atoms with Crippen LogP contribution >= 0.6 is 11.6 Å². The van der Waals surface area contributed by atoms with E-state index in [2.05, 4.69) is 16.0 Å². The number of benzene rings is 2. The van der Waals surface area contributed by atoms with Gasteiger partial charge in [0.1, 0.15) is 11.4 Å². The number of nitrogens with one attached hydrogen (secondary N) is 3. The molecule has 3 N–H and O–H groups in total. The molecule has 2 rings (SSSR count). The Morgan fingerprint density at radius 3 is 2.57 bits per heavy atom. The van der Waals surface area contributed by atoms with E-state index in [9.17, 15) is 19.7 Å². The molecular formula is C19H21ClN4O6. The Labute approximate surface area is 177 Å². The molecule has 0 radical (unpaired) electrons. The predicted molar refractivity (Wildman–Crippen MR) is 112 cm³/mol. The van der Waals surface area contributed by atoms with Crippen LogP contribution in [0.2, 0.25) is 5.02 Å². The van der Waals surface area contributed by atoms with E-state index >= 15 is 0 Å². The highest BCUT2D eigenvalue weighted by atomic mass is 35.5. The molecule has 0 unspecified atom stereocenters. The largest absolute Gasteiger partial charge is 0.496 e. The van der Waals surface area contributed by atoms with Gasteiger partial charge in [-0.05, 0) is 30.3 Å². The first-order chi connectivity index (χ1) is 14.3. The first kappa shape index (κ1) is 22.9. The van der Waals surface area contributed by atoms with Crippen LogP contribution in [0.15, 0.2) is 36.4 Å². The highest BCUT2D eigenvalue weighted by molar-refractivity contribution is 6.34. The monoisotopic (exact) mass is 436 g/mol. The van der Waals surface area contributed by atoms with E-state index in [0.717, 1.165) is 0 Å². The van der Waals surface area contributed by atoms with Crippen molar-refractivity contribution >= 4 is 40.5 Å². The number of methoxy groups -OCH3 is 2. The van der Waals surface area contributed by atoms with E-state index in [4.69, 9.17) is 21.1 Å². The molecule has 2 amide bonds. The van der Waals surface area contributed by atoms with E-state index in [-0.39, 0.29) is 34.4 Å². The van der Waals surface area contributed by atoms with Crippen LogP contribution < -0.4 is 20.7 Å². The van der Waals surface area contributed by atoms with Crippen molar-refractivity contribution in [3.63, 3.8) is 0 Å². The molecule has 0 fully saturated rings. The number of ether oxygens (including phenoxy) is 2. The lowest BCUT2D eigenvalue weighted by Crippen LogP contribution is -2.27. The molecule has 2 aromatic carbocycles. The minimum atomic E-state index is -0.609. The Kier molecular flexibility index (Phi) is 8.39. The summed E-state index contributed by atoms with van der Waals surface area (Å²) in [5, 5.41) is 19.4. The Morgan fingerprint density at radius 1 is 1.17 bits per heavy atom. The molecule has 0 aliphatic heterocycles. The molecule has 0 saturated carbocycles. The minimum Gasteiger partial charge on any atom is -0.496 e. The van der Waals surface area contributed by atoms with Gasteiger partial charge in [0.15, 0.2) is 0 Å². The summed E-state index contributed by atoms with van der Waals surface area (Å²) in [5.74, 6) is -0.534. The molecule has 160 valence electrons. The van der Waals surface area contributed by atoms with Crippen molar-refractivity contribution in [1.29, 1.82) is 0 Å². The van der Waals surface area contributed by atoms with Crippen molar-refractivity contribution in [2.45, 2.75) is 0 Å². The van der Waals surface area contributed by atoms with Crippen LogP contribution in [-0.2, 0) is 9.53 Å². The first-order valence-corrected chi connectivity index (χ1v) is 9.16. The molecular weight excluding hydrogens is 416 g/mol. The SMILES string of the molecule is COCCNC(=O)c1ccc(NCC(=O)Nc2ccc(OC)cc2[N+](=O)[O-])cc1Cl. The third-order valence-corrected chi connectivity index (χ3v) is 4.25. The molecule has 0 atom stereocenters. The number of nitro benzene ring substituents is 1. The fourth-order valence-corrected chi connectivity index (χ4v) is 2.71. The zero-order valence-corrected chi connectivity index (χ0v) is 17.1. The molecule has 2 aromatic rings. The molecule has 11 heteroatoms. The van der Waals surface area contributed by atoms with Crippen LogP contribution in [0, 0.1) is 10.1 Å². The van der Waals surface area contributed by atoms with Crippen molar-refractivity contribution < 1.29 is 24.0 Å². The number of anilines is 2. The number of carbonyl (C=O) groups excluding carboxylic acids is 2. The molecule has 0 aliphatic carbocycles. The molecule has 0 heterocycles. The van der Waals surface area contributed by atoms with Gasteiger partial charge in [-0.2, -0.15) is 0 Å². The summed E-state index contributed by atoms with van der Waals surface area (Å²) in [6, 6.07) is 8.75. The van der Waals surface area contributed by atoms with E-state index in [0.29, 0.717) is 24.6 Å². The maximum Gasteiger partial charge on any atom is 0.296 e. The van der Waals surface area contributed by atoms with Gasteiger partial charge in [-0.15, -0.1) is 0 Å². The molecule has 10 nitrogen and oxygen atoms in total. The smallest absolute Gasteiger partial charge is 0.296 e. The molecule has 0 saturated heterocycles. The van der Waals surface area contributed by atoms with Crippen LogP contribution in [-0.4, -0.2) is 50.7 Å². The summed E-state index contributed by atoms with van der Waals surface area (Å²) in [4.78, 5) is 34.8. The summed E-state index contributed by atoms with van der Waals surface area (Å²) in [6.07, 6.45) is 0. The van der Waals surface area contributed by atoms with Crippen LogP contribution in [0.5, 0.6) is 5.75 Å². The number of nitro groups is 1. The third kappa shape index (κ3) is 6.33. The Balaban J connectivity index is 1.97. The topological polar surface area (TPSA) is 132 Å². The van der Waals surface area contributed by atoms with Crippen molar-refractivity contribution in [2.24, 2.45) is 0 Å². The number of nitrogens with zero attached hydrogens (tertiary/aromatic N) is 1. The van der Waals surface area contributed by atoms with Gasteiger partial charge >= 0.3 is 0 Å². The number of hydrogen-bond acceptors (Lipinski definition) is 7. The van der Waals surface area contributed by atoms with Gasteiger partial charge < -0.3 is 25.4 Å². The van der Waals surface area contributed by atoms with Crippen molar-refractivity contribution in [3.05, 3.63) is 57.1 Å². The second-order valence-electron chi connectivity index (χ2n) is 5.99. The molecule has 0 bridgehead atoms. The Hall–Kier alpha value is -3.37. The van der Waals surface area contributed by atoms with Crippen molar-refractivity contribution in [2.75, 3.05) is 44.5 Å². The number of rotatable bonds is 10. The van der Waals surface area contributed by atoms with Crippen LogP contribution in [0.1, 0.15) is 10.4 Å². The highest BCUT2D eigenvalue weighted by Crippen LogP contribution is 2.29. The lowest BCUT2D eigenvalue weighted by molar-refractivity contribution is -0.384. The molecule has 0 spiro atoms. The van der Waals surface area contributed by atoms with Gasteiger partial charge in [-0.1, -0.05) is 11.6 Å². The Morgan fingerprint density at radius 2 is 1.93 bits per heavy atom. The number of amides is 2. The summed E-state index contributed by atoms with van der Waals surface area (Å²) >= 11 is 6.15. The molecule has 0 aromatic heterocycles. The van der Waals surface area contributed by atoms with Crippen LogP contribution in [0.4, 0.5) is 17.1 Å². The average Bonchev–Trinajstić information content (AvgIpc) is 2.72. The second kappa shape index (κ2) is 11.0. The first-order valence-electron chi connectivity index (χ1n) is 8.78. The third-order valence-electron chi connectivity index (χ3n) is 3.93. The van der Waals surface area contributed by atoms with E-state index < -0.39 is 10.8 Å². The minimum absolute atomic E-state index is 0.0497. The average molecular weight is 437 g/mol. The van der Waals surface area contributed by atoms with E-state index in [1.807, 2.05) is 0 Å². The Bertz CT molecular complexity index is 937. The van der Waals surface area contributed by atoms with Gasteiger partial charge in [0, 0.05) is 19.3 Å². The van der Waals surface area contributed by atoms with Gasteiger partial charge in [0.05, 0.1) is 41.8 Å². The predicted octanol–water partition coefficient (Wildman–Crippen LogP) is 2.68. The maximum atomic E-state index is 12.2. The normalized spacial score (nSPS) is 10.2. The van der Waals surface area contributed by atoms with E-state index in [1.54, 1.807) is 6.07 Å². The fourth-order valence-electron chi connectivity index (χ4n) is 2.44. The lowest BCUT2D eigenvalue weighted by atomic mass is 10.2. The lowest BCUT2D eigenvalue weighted by Gasteiger charge is -2.11. The van der Waals surface area contributed by atoms with Gasteiger partial charge in [-0.3, -0.25) is 19.7 Å². The second-order valence-corrected chi connectivity index (χ2v) is 6.39. The molecule has 30 heavy (non-hydrogen) atoms. The van der Waals surface area contributed by atoms with Crippen molar-refractivity contribution in [3.8, 4) is 5.75 Å². The van der Waals surface area contributed by atoms with Gasteiger partial charge in [-0.25, -0.2) is 0 Å². The summed E-state index contributed by atoms with van der Waals surface area (Å²) in [5.41, 5.74) is 0.563. The zero-order chi connectivity index (χ0) is 22.1.